The normalized spacial score (nSPS) is 20.6. The van der Waals surface area contributed by atoms with Gasteiger partial charge in [-0.2, -0.15) is 0 Å². The van der Waals surface area contributed by atoms with Crippen LogP contribution in [0, 0.1) is 11.8 Å². The van der Waals surface area contributed by atoms with Gasteiger partial charge in [-0.25, -0.2) is 0 Å². The molecule has 0 radical (unpaired) electrons. The van der Waals surface area contributed by atoms with Crippen LogP contribution in [0.2, 0.25) is 0 Å². The van der Waals surface area contributed by atoms with E-state index in [-0.39, 0.29) is 29.6 Å². The third kappa shape index (κ3) is 4.15. The van der Waals surface area contributed by atoms with Crippen molar-refractivity contribution in [3.8, 4) is 0 Å². The summed E-state index contributed by atoms with van der Waals surface area (Å²) in [6, 6.07) is 7.17. The molecular formula is C21H27N3O3. The predicted molar refractivity (Wildman–Crippen MR) is 102 cm³/mol. The molecule has 0 spiro atoms. The van der Waals surface area contributed by atoms with E-state index < -0.39 is 0 Å². The molecule has 3 amide bonds. The molecule has 1 saturated carbocycles. The highest BCUT2D eigenvalue weighted by molar-refractivity contribution is 5.96. The summed E-state index contributed by atoms with van der Waals surface area (Å²) in [6.45, 7) is 3.02. The summed E-state index contributed by atoms with van der Waals surface area (Å²) in [5, 5.41) is 2.96. The van der Waals surface area contributed by atoms with E-state index in [0.717, 1.165) is 57.3 Å². The minimum absolute atomic E-state index is 0.00661. The van der Waals surface area contributed by atoms with E-state index in [0.29, 0.717) is 18.7 Å². The van der Waals surface area contributed by atoms with Crippen molar-refractivity contribution < 1.29 is 14.4 Å². The molecule has 2 saturated heterocycles. The van der Waals surface area contributed by atoms with Gasteiger partial charge in [0.05, 0.1) is 0 Å². The zero-order valence-corrected chi connectivity index (χ0v) is 15.7. The maximum absolute atomic E-state index is 12.5. The molecule has 1 aromatic rings. The van der Waals surface area contributed by atoms with Crippen LogP contribution in [0.1, 0.15) is 48.9 Å². The highest BCUT2D eigenvalue weighted by atomic mass is 16.2. The number of likely N-dealkylation sites (tertiary alicyclic amines) is 2. The first-order valence-corrected chi connectivity index (χ1v) is 10.1. The second-order valence-electron chi connectivity index (χ2n) is 7.94. The lowest BCUT2D eigenvalue weighted by Crippen LogP contribution is -2.42. The van der Waals surface area contributed by atoms with Crippen LogP contribution in [0.5, 0.6) is 0 Å². The Balaban J connectivity index is 1.28. The molecule has 27 heavy (non-hydrogen) atoms. The van der Waals surface area contributed by atoms with Crippen LogP contribution in [0.3, 0.4) is 0 Å². The van der Waals surface area contributed by atoms with Gasteiger partial charge in [0, 0.05) is 49.3 Å². The van der Waals surface area contributed by atoms with Crippen molar-refractivity contribution in [2.24, 2.45) is 11.8 Å². The zero-order valence-electron chi connectivity index (χ0n) is 15.7. The van der Waals surface area contributed by atoms with Gasteiger partial charge >= 0.3 is 0 Å². The molecule has 2 aliphatic heterocycles. The van der Waals surface area contributed by atoms with Crippen LogP contribution in [0.25, 0.3) is 0 Å². The third-order valence-corrected chi connectivity index (χ3v) is 5.90. The molecule has 4 rings (SSSR count). The van der Waals surface area contributed by atoms with Crippen LogP contribution in [-0.2, 0) is 9.59 Å². The Labute approximate surface area is 159 Å². The number of benzene rings is 1. The largest absolute Gasteiger partial charge is 0.342 e. The fourth-order valence-electron chi connectivity index (χ4n) is 3.99. The van der Waals surface area contributed by atoms with Crippen LogP contribution in [-0.4, -0.2) is 53.7 Å². The predicted octanol–water partition coefficient (Wildman–Crippen LogP) is 2.51. The molecule has 144 valence electrons. The molecular weight excluding hydrogens is 342 g/mol. The molecule has 0 bridgehead atoms. The van der Waals surface area contributed by atoms with Gasteiger partial charge in [-0.3, -0.25) is 14.4 Å². The molecule has 1 aliphatic carbocycles. The molecule has 0 aromatic heterocycles. The molecule has 0 unspecified atom stereocenters. The second kappa shape index (κ2) is 7.71. The number of piperidine rings is 1. The van der Waals surface area contributed by atoms with Crippen molar-refractivity contribution in [1.82, 2.24) is 9.80 Å². The summed E-state index contributed by atoms with van der Waals surface area (Å²) in [7, 11) is 0. The van der Waals surface area contributed by atoms with Crippen LogP contribution in [0.15, 0.2) is 24.3 Å². The van der Waals surface area contributed by atoms with Gasteiger partial charge in [0.2, 0.25) is 11.8 Å². The molecule has 3 aliphatic rings. The summed E-state index contributed by atoms with van der Waals surface area (Å²) < 4.78 is 0. The number of anilines is 1. The van der Waals surface area contributed by atoms with E-state index in [4.69, 9.17) is 0 Å². The van der Waals surface area contributed by atoms with Crippen molar-refractivity contribution in [2.75, 3.05) is 31.5 Å². The summed E-state index contributed by atoms with van der Waals surface area (Å²) in [4.78, 5) is 40.8. The minimum Gasteiger partial charge on any atom is -0.342 e. The number of rotatable bonds is 4. The lowest BCUT2D eigenvalue weighted by molar-refractivity contribution is -0.135. The number of amides is 3. The van der Waals surface area contributed by atoms with Crippen LogP contribution >= 0.6 is 0 Å². The van der Waals surface area contributed by atoms with Crippen molar-refractivity contribution >= 4 is 23.4 Å². The lowest BCUT2D eigenvalue weighted by atomic mass is 9.95. The second-order valence-corrected chi connectivity index (χ2v) is 7.94. The number of carbonyl (C=O) groups is 3. The first-order valence-electron chi connectivity index (χ1n) is 10.1. The van der Waals surface area contributed by atoms with Crippen LogP contribution in [0.4, 0.5) is 5.69 Å². The van der Waals surface area contributed by atoms with E-state index in [1.807, 2.05) is 9.80 Å². The molecule has 1 aromatic carbocycles. The number of nitrogens with zero attached hydrogens (tertiary/aromatic N) is 2. The summed E-state index contributed by atoms with van der Waals surface area (Å²) >= 11 is 0. The summed E-state index contributed by atoms with van der Waals surface area (Å²) in [5.74, 6) is 0.536. The van der Waals surface area contributed by atoms with Gasteiger partial charge in [-0.1, -0.05) is 0 Å². The Morgan fingerprint density at radius 1 is 0.778 bits per heavy atom. The van der Waals surface area contributed by atoms with Gasteiger partial charge in [-0.05, 0) is 62.8 Å². The van der Waals surface area contributed by atoms with Crippen molar-refractivity contribution in [2.45, 2.75) is 38.5 Å². The topological polar surface area (TPSA) is 69.7 Å². The maximum atomic E-state index is 12.5. The van der Waals surface area contributed by atoms with Gasteiger partial charge in [-0.15, -0.1) is 0 Å². The van der Waals surface area contributed by atoms with Crippen molar-refractivity contribution in [3.63, 3.8) is 0 Å². The highest BCUT2D eigenvalue weighted by Gasteiger charge is 2.36. The number of carbonyl (C=O) groups excluding carboxylic acids is 3. The quantitative estimate of drug-likeness (QED) is 0.887. The molecule has 6 nitrogen and oxygen atoms in total. The Bertz CT molecular complexity index is 713. The molecule has 2 heterocycles. The van der Waals surface area contributed by atoms with Gasteiger partial charge < -0.3 is 15.1 Å². The maximum Gasteiger partial charge on any atom is 0.253 e. The Kier molecular flexibility index (Phi) is 5.14. The zero-order chi connectivity index (χ0) is 18.8. The third-order valence-electron chi connectivity index (χ3n) is 5.90. The van der Waals surface area contributed by atoms with Crippen LogP contribution < -0.4 is 5.32 Å². The molecule has 0 atom stereocenters. The monoisotopic (exact) mass is 369 g/mol. The molecule has 1 N–H and O–H groups in total. The molecule has 6 heteroatoms. The number of hydrogen-bond acceptors (Lipinski definition) is 3. The smallest absolute Gasteiger partial charge is 0.253 e. The van der Waals surface area contributed by atoms with E-state index in [2.05, 4.69) is 5.32 Å². The molecule has 3 fully saturated rings. The van der Waals surface area contributed by atoms with Gasteiger partial charge in [0.25, 0.3) is 5.91 Å². The summed E-state index contributed by atoms with van der Waals surface area (Å²) in [6.07, 6.45) is 5.63. The average molecular weight is 369 g/mol. The van der Waals surface area contributed by atoms with Crippen molar-refractivity contribution in [3.05, 3.63) is 29.8 Å². The Hall–Kier alpha value is -2.37. The first kappa shape index (κ1) is 18.0. The number of hydrogen-bond donors (Lipinski definition) is 1. The van der Waals surface area contributed by atoms with Gasteiger partial charge in [0.1, 0.15) is 0 Å². The Morgan fingerprint density at radius 2 is 1.41 bits per heavy atom. The minimum atomic E-state index is -0.0563. The lowest BCUT2D eigenvalue weighted by Gasteiger charge is -2.31. The SMILES string of the molecule is O=C(Nc1ccc(C(=O)N2CCCC2)cc1)C1CCN(C(=O)C2CC2)CC1. The number of nitrogens with one attached hydrogen (secondary N) is 1. The standard InChI is InChI=1S/C21H27N3O3/c25-19(15-9-13-24(14-10-15)21(27)16-3-4-16)22-18-7-5-17(6-8-18)20(26)23-11-1-2-12-23/h5-8,15-16H,1-4,9-14H2,(H,22,25). The highest BCUT2D eigenvalue weighted by Crippen LogP contribution is 2.32. The van der Waals surface area contributed by atoms with E-state index in [9.17, 15) is 14.4 Å². The summed E-state index contributed by atoms with van der Waals surface area (Å²) in [5.41, 5.74) is 1.39. The van der Waals surface area contributed by atoms with E-state index >= 15 is 0 Å². The Morgan fingerprint density at radius 3 is 2.00 bits per heavy atom. The average Bonchev–Trinajstić information content (AvgIpc) is 3.41. The first-order chi connectivity index (χ1) is 13.1. The van der Waals surface area contributed by atoms with E-state index in [1.54, 1.807) is 24.3 Å². The fraction of sp³-hybridized carbons (Fsp3) is 0.571. The van der Waals surface area contributed by atoms with Crippen molar-refractivity contribution in [1.29, 1.82) is 0 Å². The van der Waals surface area contributed by atoms with Gasteiger partial charge in [0.15, 0.2) is 0 Å². The van der Waals surface area contributed by atoms with E-state index in [1.165, 1.54) is 0 Å². The fourth-order valence-corrected chi connectivity index (χ4v) is 3.99.